The molecule has 0 radical (unpaired) electrons. The molecule has 0 saturated carbocycles. The number of imidazole rings is 1. The van der Waals surface area contributed by atoms with Gasteiger partial charge in [-0.1, -0.05) is 6.92 Å². The number of anilines is 1. The molecule has 1 aliphatic rings. The summed E-state index contributed by atoms with van der Waals surface area (Å²) in [6.45, 7) is 4.28. The molecule has 5 heteroatoms. The highest BCUT2D eigenvalue weighted by molar-refractivity contribution is 5.73. The van der Waals surface area contributed by atoms with Crippen molar-refractivity contribution in [1.29, 1.82) is 0 Å². The minimum absolute atomic E-state index is 0.112. The van der Waals surface area contributed by atoms with Crippen molar-refractivity contribution in [2.45, 2.75) is 18.8 Å². The predicted molar refractivity (Wildman–Crippen MR) is 68.3 cm³/mol. The van der Waals surface area contributed by atoms with Crippen LogP contribution in [0.4, 0.5) is 5.82 Å². The maximum Gasteiger partial charge on any atom is 0.179 e. The summed E-state index contributed by atoms with van der Waals surface area (Å²) in [7, 11) is 1.87. The molecular weight excluding hydrogens is 214 g/mol. The maximum absolute atomic E-state index is 4.63. The number of pyridine rings is 1. The number of hydrogen-bond donors (Lipinski definition) is 3. The summed E-state index contributed by atoms with van der Waals surface area (Å²) in [4.78, 5) is 12.5. The SMILES string of the molecule is CNc1ccc2[nH]c(C3(C)CCNC3)nc2n1. The van der Waals surface area contributed by atoms with Gasteiger partial charge in [0.2, 0.25) is 0 Å². The molecule has 0 spiro atoms. The number of nitrogens with zero attached hydrogens (tertiary/aromatic N) is 2. The predicted octanol–water partition coefficient (Wildman–Crippen LogP) is 1.25. The van der Waals surface area contributed by atoms with Gasteiger partial charge in [0.25, 0.3) is 0 Å². The number of nitrogens with one attached hydrogen (secondary N) is 3. The lowest BCUT2D eigenvalue weighted by atomic mass is 9.89. The highest BCUT2D eigenvalue weighted by Crippen LogP contribution is 2.29. The Morgan fingerprint density at radius 3 is 2.94 bits per heavy atom. The lowest BCUT2D eigenvalue weighted by molar-refractivity contribution is 0.496. The standard InChI is InChI=1S/C12H17N5/c1-12(5-6-14-7-12)11-15-8-3-4-9(13-2)16-10(8)17-11/h3-4,14H,5-7H2,1-2H3,(H2,13,15,16,17). The molecule has 1 fully saturated rings. The summed E-state index contributed by atoms with van der Waals surface area (Å²) in [5.41, 5.74) is 1.91. The summed E-state index contributed by atoms with van der Waals surface area (Å²) in [5.74, 6) is 1.89. The van der Waals surface area contributed by atoms with Crippen LogP contribution in [0.2, 0.25) is 0 Å². The third kappa shape index (κ3) is 1.67. The molecule has 2 aromatic rings. The van der Waals surface area contributed by atoms with Crippen LogP contribution in [-0.4, -0.2) is 35.1 Å². The summed E-state index contributed by atoms with van der Waals surface area (Å²) in [6, 6.07) is 3.98. The van der Waals surface area contributed by atoms with E-state index in [0.717, 1.165) is 42.3 Å². The summed E-state index contributed by atoms with van der Waals surface area (Å²) in [6.07, 6.45) is 1.12. The monoisotopic (exact) mass is 231 g/mol. The van der Waals surface area contributed by atoms with Crippen molar-refractivity contribution in [3.8, 4) is 0 Å². The van der Waals surface area contributed by atoms with Gasteiger partial charge < -0.3 is 15.6 Å². The molecule has 0 amide bonds. The van der Waals surface area contributed by atoms with Crippen LogP contribution in [0.5, 0.6) is 0 Å². The third-order valence-corrected chi connectivity index (χ3v) is 3.54. The second kappa shape index (κ2) is 3.70. The Hall–Kier alpha value is -1.62. The number of H-pyrrole nitrogens is 1. The zero-order valence-electron chi connectivity index (χ0n) is 10.2. The van der Waals surface area contributed by atoms with Gasteiger partial charge in [0.05, 0.1) is 5.52 Å². The molecule has 0 aliphatic carbocycles. The Bertz CT molecular complexity index is 539. The van der Waals surface area contributed by atoms with Gasteiger partial charge in [0.1, 0.15) is 11.6 Å². The number of hydrogen-bond acceptors (Lipinski definition) is 4. The van der Waals surface area contributed by atoms with Gasteiger partial charge >= 0.3 is 0 Å². The summed E-state index contributed by atoms with van der Waals surface area (Å²) >= 11 is 0. The van der Waals surface area contributed by atoms with Crippen molar-refractivity contribution in [2.24, 2.45) is 0 Å². The van der Waals surface area contributed by atoms with Gasteiger partial charge in [-0.15, -0.1) is 0 Å². The van der Waals surface area contributed by atoms with Crippen LogP contribution < -0.4 is 10.6 Å². The minimum atomic E-state index is 0.112. The lowest BCUT2D eigenvalue weighted by Crippen LogP contribution is -2.26. The second-order valence-electron chi connectivity index (χ2n) is 4.89. The molecule has 1 unspecified atom stereocenters. The normalized spacial score (nSPS) is 24.4. The highest BCUT2D eigenvalue weighted by Gasteiger charge is 2.33. The largest absolute Gasteiger partial charge is 0.373 e. The van der Waals surface area contributed by atoms with E-state index in [1.54, 1.807) is 0 Å². The van der Waals surface area contributed by atoms with E-state index in [0.29, 0.717) is 0 Å². The average Bonchev–Trinajstić information content (AvgIpc) is 2.94. The first-order valence-electron chi connectivity index (χ1n) is 5.97. The molecule has 17 heavy (non-hydrogen) atoms. The van der Waals surface area contributed by atoms with Crippen LogP contribution in [0.3, 0.4) is 0 Å². The van der Waals surface area contributed by atoms with Gasteiger partial charge in [-0.2, -0.15) is 0 Å². The number of aromatic amines is 1. The Morgan fingerprint density at radius 2 is 2.24 bits per heavy atom. The molecule has 90 valence electrons. The molecule has 3 rings (SSSR count). The van der Waals surface area contributed by atoms with Crippen molar-refractivity contribution in [3.05, 3.63) is 18.0 Å². The molecule has 5 nitrogen and oxygen atoms in total. The van der Waals surface area contributed by atoms with Gasteiger partial charge in [0.15, 0.2) is 5.65 Å². The fourth-order valence-electron chi connectivity index (χ4n) is 2.34. The van der Waals surface area contributed by atoms with Crippen LogP contribution >= 0.6 is 0 Å². The van der Waals surface area contributed by atoms with Crippen molar-refractivity contribution in [3.63, 3.8) is 0 Å². The number of rotatable bonds is 2. The molecule has 1 atom stereocenters. The van der Waals surface area contributed by atoms with Crippen molar-refractivity contribution < 1.29 is 0 Å². The van der Waals surface area contributed by atoms with E-state index in [1.165, 1.54) is 0 Å². The first kappa shape index (κ1) is 10.5. The van der Waals surface area contributed by atoms with Crippen LogP contribution in [0, 0.1) is 0 Å². The van der Waals surface area contributed by atoms with E-state index in [9.17, 15) is 0 Å². The van der Waals surface area contributed by atoms with E-state index in [1.807, 2.05) is 19.2 Å². The fourth-order valence-corrected chi connectivity index (χ4v) is 2.34. The molecule has 1 aliphatic heterocycles. The van der Waals surface area contributed by atoms with Gasteiger partial charge in [-0.05, 0) is 25.1 Å². The molecule has 1 saturated heterocycles. The second-order valence-corrected chi connectivity index (χ2v) is 4.89. The van der Waals surface area contributed by atoms with Crippen LogP contribution in [0.25, 0.3) is 11.2 Å². The third-order valence-electron chi connectivity index (χ3n) is 3.54. The van der Waals surface area contributed by atoms with E-state index >= 15 is 0 Å². The lowest BCUT2D eigenvalue weighted by Gasteiger charge is -2.18. The quantitative estimate of drug-likeness (QED) is 0.728. The highest BCUT2D eigenvalue weighted by atomic mass is 15.1. The van der Waals surface area contributed by atoms with Gasteiger partial charge in [-0.3, -0.25) is 0 Å². The molecule has 3 heterocycles. The van der Waals surface area contributed by atoms with Crippen molar-refractivity contribution in [1.82, 2.24) is 20.3 Å². The Kier molecular flexibility index (Phi) is 2.29. The molecule has 3 N–H and O–H groups in total. The fraction of sp³-hybridized carbons (Fsp3) is 0.500. The van der Waals surface area contributed by atoms with Crippen molar-refractivity contribution >= 4 is 17.0 Å². The first-order valence-corrected chi connectivity index (χ1v) is 5.97. The Morgan fingerprint density at radius 1 is 1.35 bits per heavy atom. The minimum Gasteiger partial charge on any atom is -0.373 e. The molecule has 0 aromatic carbocycles. The molecule has 2 aromatic heterocycles. The van der Waals surface area contributed by atoms with Gasteiger partial charge in [-0.25, -0.2) is 9.97 Å². The van der Waals surface area contributed by atoms with E-state index in [2.05, 4.69) is 32.5 Å². The van der Waals surface area contributed by atoms with Crippen LogP contribution in [0.15, 0.2) is 12.1 Å². The van der Waals surface area contributed by atoms with E-state index in [4.69, 9.17) is 0 Å². The molecular formula is C12H17N5. The Balaban J connectivity index is 2.07. The van der Waals surface area contributed by atoms with Crippen molar-refractivity contribution in [2.75, 3.05) is 25.5 Å². The van der Waals surface area contributed by atoms with Gasteiger partial charge in [0, 0.05) is 19.0 Å². The van der Waals surface area contributed by atoms with Crippen LogP contribution in [-0.2, 0) is 5.41 Å². The smallest absolute Gasteiger partial charge is 0.179 e. The topological polar surface area (TPSA) is 65.6 Å². The summed E-state index contributed by atoms with van der Waals surface area (Å²) < 4.78 is 0. The zero-order valence-corrected chi connectivity index (χ0v) is 10.2. The molecule has 0 bridgehead atoms. The average molecular weight is 231 g/mol. The zero-order chi connectivity index (χ0) is 11.9. The number of fused-ring (bicyclic) bond motifs is 1. The van der Waals surface area contributed by atoms with E-state index in [-0.39, 0.29) is 5.41 Å². The summed E-state index contributed by atoms with van der Waals surface area (Å²) in [5, 5.41) is 6.42. The first-order chi connectivity index (χ1) is 8.21. The maximum atomic E-state index is 4.63. The number of aromatic nitrogens is 3. The van der Waals surface area contributed by atoms with Crippen LogP contribution in [0.1, 0.15) is 19.2 Å². The van der Waals surface area contributed by atoms with E-state index < -0.39 is 0 Å². The Labute approximate surface area is 100 Å².